The van der Waals surface area contributed by atoms with Crippen LogP contribution >= 0.6 is 0 Å². The van der Waals surface area contributed by atoms with Crippen molar-refractivity contribution in [1.29, 1.82) is 0 Å². The van der Waals surface area contributed by atoms with Crippen molar-refractivity contribution in [3.8, 4) is 0 Å². The number of nitrogens with zero attached hydrogens (tertiary/aromatic N) is 1. The maximum atomic E-state index is 13.2. The Labute approximate surface area is 130 Å². The van der Waals surface area contributed by atoms with E-state index in [0.29, 0.717) is 5.56 Å². The number of carbonyl (C=O) groups is 3. The number of aliphatic carboxylic acids is 1. The molecule has 0 bridgehead atoms. The second-order valence-corrected chi connectivity index (χ2v) is 5.08. The first kappa shape index (κ1) is 16.6. The van der Waals surface area contributed by atoms with Gasteiger partial charge in [0.25, 0.3) is 0 Å². The van der Waals surface area contributed by atoms with E-state index in [1.54, 1.807) is 0 Å². The number of carbonyl (C=O) groups excluding carboxylic acids is 2. The van der Waals surface area contributed by atoms with Crippen LogP contribution in [0.15, 0.2) is 30.1 Å². The standard InChI is InChI=1S/C15H14F2N2O4/c1-19-13(18-7-14(21)22)6-12(20)9(15(19)23)4-8-2-3-10(16)11(17)5-8/h2-3,5-6,9,18H,4,7H2,1H3,(H,21,22). The zero-order valence-corrected chi connectivity index (χ0v) is 12.2. The van der Waals surface area contributed by atoms with Gasteiger partial charge in [0.2, 0.25) is 5.91 Å². The molecule has 1 amide bonds. The van der Waals surface area contributed by atoms with Gasteiger partial charge in [-0.25, -0.2) is 8.78 Å². The summed E-state index contributed by atoms with van der Waals surface area (Å²) in [6.07, 6.45) is 1.07. The van der Waals surface area contributed by atoms with Crippen molar-refractivity contribution in [2.45, 2.75) is 6.42 Å². The van der Waals surface area contributed by atoms with Crippen LogP contribution < -0.4 is 5.32 Å². The number of allylic oxidation sites excluding steroid dienone is 1. The van der Waals surface area contributed by atoms with Crippen LogP contribution in [0.25, 0.3) is 0 Å². The third kappa shape index (κ3) is 3.71. The van der Waals surface area contributed by atoms with Crippen molar-refractivity contribution < 1.29 is 28.3 Å². The molecule has 1 aliphatic heterocycles. The number of nitrogens with one attached hydrogen (secondary N) is 1. The summed E-state index contributed by atoms with van der Waals surface area (Å²) in [7, 11) is 1.40. The summed E-state index contributed by atoms with van der Waals surface area (Å²) in [5.41, 5.74) is 0.319. The van der Waals surface area contributed by atoms with Crippen molar-refractivity contribution in [3.05, 3.63) is 47.3 Å². The summed E-state index contributed by atoms with van der Waals surface area (Å²) in [4.78, 5) is 36.0. The molecule has 1 atom stereocenters. The van der Waals surface area contributed by atoms with Crippen molar-refractivity contribution in [2.75, 3.05) is 13.6 Å². The Bertz CT molecular complexity index is 703. The molecular formula is C15H14F2N2O4. The topological polar surface area (TPSA) is 86.7 Å². The molecule has 0 saturated heterocycles. The second kappa shape index (κ2) is 6.55. The second-order valence-electron chi connectivity index (χ2n) is 5.08. The largest absolute Gasteiger partial charge is 0.480 e. The van der Waals surface area contributed by atoms with Gasteiger partial charge in [0.05, 0.1) is 0 Å². The molecule has 0 saturated carbocycles. The molecule has 6 nitrogen and oxygen atoms in total. The van der Waals surface area contributed by atoms with Gasteiger partial charge in [-0.2, -0.15) is 0 Å². The van der Waals surface area contributed by atoms with Gasteiger partial charge in [-0.1, -0.05) is 6.07 Å². The number of hydrogen-bond donors (Lipinski definition) is 2. The maximum absolute atomic E-state index is 13.2. The Morgan fingerprint density at radius 2 is 2.00 bits per heavy atom. The third-order valence-corrected chi connectivity index (χ3v) is 3.46. The van der Waals surface area contributed by atoms with Gasteiger partial charge < -0.3 is 15.3 Å². The van der Waals surface area contributed by atoms with Crippen molar-refractivity contribution in [3.63, 3.8) is 0 Å². The van der Waals surface area contributed by atoms with Crippen molar-refractivity contribution in [1.82, 2.24) is 10.2 Å². The molecule has 23 heavy (non-hydrogen) atoms. The Hall–Kier alpha value is -2.77. The molecule has 1 aromatic carbocycles. The summed E-state index contributed by atoms with van der Waals surface area (Å²) < 4.78 is 26.1. The SMILES string of the molecule is CN1C(=O)C(Cc2ccc(F)c(F)c2)C(=O)C=C1NCC(=O)O. The van der Waals surface area contributed by atoms with Gasteiger partial charge in [-0.05, 0) is 24.1 Å². The summed E-state index contributed by atoms with van der Waals surface area (Å²) in [5.74, 6) is -5.23. The molecule has 122 valence electrons. The summed E-state index contributed by atoms with van der Waals surface area (Å²) >= 11 is 0. The Morgan fingerprint density at radius 3 is 2.61 bits per heavy atom. The maximum Gasteiger partial charge on any atom is 0.322 e. The fourth-order valence-electron chi connectivity index (χ4n) is 2.23. The minimum absolute atomic E-state index is 0.0675. The molecule has 1 aliphatic rings. The van der Waals surface area contributed by atoms with Crippen LogP contribution in [0.5, 0.6) is 0 Å². The number of amides is 1. The lowest BCUT2D eigenvalue weighted by Gasteiger charge is -2.29. The number of ketones is 1. The molecule has 0 fully saturated rings. The lowest BCUT2D eigenvalue weighted by atomic mass is 9.91. The zero-order chi connectivity index (χ0) is 17.1. The molecule has 2 N–H and O–H groups in total. The molecule has 1 heterocycles. The van der Waals surface area contributed by atoms with Crippen LogP contribution in [-0.2, 0) is 20.8 Å². The highest BCUT2D eigenvalue weighted by atomic mass is 19.2. The first-order valence-electron chi connectivity index (χ1n) is 6.72. The van der Waals surface area contributed by atoms with E-state index >= 15 is 0 Å². The number of halogens is 2. The van der Waals surface area contributed by atoms with Crippen molar-refractivity contribution in [2.24, 2.45) is 5.92 Å². The Balaban J connectivity index is 2.17. The number of carboxylic acids is 1. The molecule has 0 aliphatic carbocycles. The summed E-state index contributed by atoms with van der Waals surface area (Å²) in [6.45, 7) is -0.440. The van der Waals surface area contributed by atoms with Gasteiger partial charge in [0.15, 0.2) is 17.4 Å². The zero-order valence-electron chi connectivity index (χ0n) is 12.2. The van der Waals surface area contributed by atoms with E-state index in [0.717, 1.165) is 23.1 Å². The predicted octanol–water partition coefficient (Wildman–Crippen LogP) is 0.680. The fraction of sp³-hybridized carbons (Fsp3) is 0.267. The summed E-state index contributed by atoms with van der Waals surface area (Å²) in [6, 6.07) is 3.18. The average Bonchev–Trinajstić information content (AvgIpc) is 2.49. The number of hydrogen-bond acceptors (Lipinski definition) is 4. The number of benzene rings is 1. The highest BCUT2D eigenvalue weighted by Gasteiger charge is 2.34. The van der Waals surface area contributed by atoms with E-state index in [2.05, 4.69) is 5.32 Å². The monoisotopic (exact) mass is 324 g/mol. The van der Waals surface area contributed by atoms with Crippen molar-refractivity contribution >= 4 is 17.7 Å². The van der Waals surface area contributed by atoms with Gasteiger partial charge in [-0.15, -0.1) is 0 Å². The van der Waals surface area contributed by atoms with Gasteiger partial charge in [0.1, 0.15) is 18.3 Å². The molecule has 0 spiro atoms. The van der Waals surface area contributed by atoms with E-state index in [9.17, 15) is 23.2 Å². The number of carboxylic acid groups (broad SMARTS) is 1. The highest BCUT2D eigenvalue weighted by Crippen LogP contribution is 2.21. The molecule has 0 aromatic heterocycles. The van der Waals surface area contributed by atoms with Crippen LogP contribution in [0.3, 0.4) is 0 Å². The Morgan fingerprint density at radius 1 is 1.30 bits per heavy atom. The van der Waals surface area contributed by atoms with E-state index in [-0.39, 0.29) is 12.2 Å². The third-order valence-electron chi connectivity index (χ3n) is 3.46. The van der Waals surface area contributed by atoms with Gasteiger partial charge in [-0.3, -0.25) is 14.4 Å². The highest BCUT2D eigenvalue weighted by molar-refractivity contribution is 6.10. The van der Waals surface area contributed by atoms with E-state index in [1.165, 1.54) is 13.1 Å². The van der Waals surface area contributed by atoms with Crippen LogP contribution in [0.4, 0.5) is 8.78 Å². The molecule has 2 rings (SSSR count). The van der Waals surface area contributed by atoms with E-state index < -0.39 is 41.8 Å². The lowest BCUT2D eigenvalue weighted by Crippen LogP contribution is -2.46. The fourth-order valence-corrected chi connectivity index (χ4v) is 2.23. The first-order valence-corrected chi connectivity index (χ1v) is 6.72. The lowest BCUT2D eigenvalue weighted by molar-refractivity contribution is -0.140. The molecule has 0 radical (unpaired) electrons. The van der Waals surface area contributed by atoms with Gasteiger partial charge in [0, 0.05) is 13.1 Å². The van der Waals surface area contributed by atoms with E-state index in [4.69, 9.17) is 5.11 Å². The first-order chi connectivity index (χ1) is 10.8. The quantitative estimate of drug-likeness (QED) is 0.778. The predicted molar refractivity (Wildman–Crippen MR) is 75.1 cm³/mol. The molecule has 1 unspecified atom stereocenters. The molecular weight excluding hydrogens is 310 g/mol. The van der Waals surface area contributed by atoms with Crippen LogP contribution in [0.2, 0.25) is 0 Å². The normalized spacial score (nSPS) is 18.0. The minimum Gasteiger partial charge on any atom is -0.480 e. The smallest absolute Gasteiger partial charge is 0.322 e. The Kier molecular flexibility index (Phi) is 4.73. The van der Waals surface area contributed by atoms with Crippen LogP contribution in [-0.4, -0.2) is 41.3 Å². The van der Waals surface area contributed by atoms with Crippen LogP contribution in [0.1, 0.15) is 5.56 Å². The number of rotatable bonds is 5. The van der Waals surface area contributed by atoms with Gasteiger partial charge >= 0.3 is 5.97 Å². The average molecular weight is 324 g/mol. The van der Waals surface area contributed by atoms with Crippen LogP contribution in [0, 0.1) is 17.6 Å². The van der Waals surface area contributed by atoms with E-state index in [1.807, 2.05) is 0 Å². The summed E-state index contributed by atoms with van der Waals surface area (Å²) in [5, 5.41) is 11.1. The minimum atomic E-state index is -1.14. The molecule has 8 heteroatoms. The molecule has 1 aromatic rings.